The molecule has 0 aliphatic carbocycles. The minimum absolute atomic E-state index is 0.158. The van der Waals surface area contributed by atoms with Gasteiger partial charge in [0.2, 0.25) is 0 Å². The number of carbonyl (C=O) groups excluding carboxylic acids is 1. The Bertz CT molecular complexity index is 817. The number of ether oxygens (including phenoxy) is 2. The summed E-state index contributed by atoms with van der Waals surface area (Å²) in [4.78, 5) is 11.8. The first-order valence-electron chi connectivity index (χ1n) is 18.2. The van der Waals surface area contributed by atoms with Crippen LogP contribution in [-0.4, -0.2) is 37.5 Å². The number of methoxy groups -OCH3 is 1. The van der Waals surface area contributed by atoms with E-state index in [9.17, 15) is 9.90 Å². The predicted octanol–water partition coefficient (Wildman–Crippen LogP) is 12.1. The van der Waals surface area contributed by atoms with Crippen molar-refractivity contribution in [3.05, 3.63) is 47.1 Å². The molecule has 0 aromatic carbocycles. The van der Waals surface area contributed by atoms with E-state index < -0.39 is 0 Å². The normalized spacial score (nSPS) is 16.2. The SMILES string of the molecule is C=C(C)C(=O)OCC(CCCO)C/C(C)=C/C=C(\C)C(C)CCC(C)C(C)CCC(C)/C(C)=C/CC(CC)OC.CC.CCC. The van der Waals surface area contributed by atoms with E-state index in [1.807, 2.05) is 21.0 Å². The average Bonchev–Trinajstić information content (AvgIpc) is 3.03. The van der Waals surface area contributed by atoms with Gasteiger partial charge in [-0.25, -0.2) is 4.79 Å². The summed E-state index contributed by atoms with van der Waals surface area (Å²) in [6.07, 6.45) is 17.9. The molecule has 6 atom stereocenters. The number of carbonyl (C=O) groups is 1. The van der Waals surface area contributed by atoms with Gasteiger partial charge >= 0.3 is 5.97 Å². The van der Waals surface area contributed by atoms with Crippen LogP contribution in [-0.2, 0) is 14.3 Å². The third kappa shape index (κ3) is 26.1. The molecular weight excluding hydrogens is 556 g/mol. The molecule has 0 saturated carbocycles. The molecule has 45 heavy (non-hydrogen) atoms. The van der Waals surface area contributed by atoms with Crippen LogP contribution in [0.15, 0.2) is 47.1 Å². The molecule has 0 aromatic heterocycles. The van der Waals surface area contributed by atoms with E-state index in [2.05, 4.69) is 94.0 Å². The van der Waals surface area contributed by atoms with Crippen molar-refractivity contribution in [2.75, 3.05) is 20.3 Å². The van der Waals surface area contributed by atoms with Crippen LogP contribution in [0.1, 0.15) is 154 Å². The Morgan fingerprint density at radius 2 is 1.33 bits per heavy atom. The van der Waals surface area contributed by atoms with Gasteiger partial charge in [-0.1, -0.05) is 110 Å². The zero-order chi connectivity index (χ0) is 35.4. The molecule has 0 amide bonds. The molecule has 4 nitrogen and oxygen atoms in total. The number of aliphatic hydroxyl groups is 1. The summed E-state index contributed by atoms with van der Waals surface area (Å²) in [5, 5.41) is 9.25. The fraction of sp³-hybridized carbons (Fsp3) is 0.780. The van der Waals surface area contributed by atoms with Gasteiger partial charge in [0.05, 0.1) is 12.7 Å². The van der Waals surface area contributed by atoms with E-state index in [0.717, 1.165) is 37.5 Å². The molecule has 266 valence electrons. The van der Waals surface area contributed by atoms with Crippen molar-refractivity contribution in [2.24, 2.45) is 29.6 Å². The lowest BCUT2D eigenvalue weighted by atomic mass is 9.82. The number of aliphatic hydroxyl groups excluding tert-OH is 1. The highest BCUT2D eigenvalue weighted by atomic mass is 16.5. The lowest BCUT2D eigenvalue weighted by molar-refractivity contribution is -0.140. The van der Waals surface area contributed by atoms with Crippen molar-refractivity contribution in [3.63, 3.8) is 0 Å². The molecule has 0 radical (unpaired) electrons. The van der Waals surface area contributed by atoms with Gasteiger partial charge in [0.1, 0.15) is 0 Å². The molecular formula is C41H78O4. The first-order chi connectivity index (χ1) is 21.3. The molecule has 0 heterocycles. The standard InChI is InChI=1S/C36H64O4.C3H8.C2H6/c1-12-35(39-11)22-21-33(10)32(9)20-19-31(8)30(7)18-17-29(6)28(5)16-15-27(4)24-34(14-13-23-37)25-40-36(38)26(2)3;1-3-2;1-2/h15-16,21,29-32,34-35,37H,2,12-14,17-20,22-25H2,1,3-11H3;3H2,1-2H3;1-2H3/b27-15+,28-16+,33-21+;;. The van der Waals surface area contributed by atoms with Crippen LogP contribution in [0.25, 0.3) is 0 Å². The summed E-state index contributed by atoms with van der Waals surface area (Å²) in [5.41, 5.74) is 4.61. The average molecular weight is 635 g/mol. The molecule has 0 aromatic rings. The van der Waals surface area contributed by atoms with E-state index in [1.54, 1.807) is 6.92 Å². The fourth-order valence-electron chi connectivity index (χ4n) is 4.90. The summed E-state index contributed by atoms with van der Waals surface area (Å²) < 4.78 is 10.9. The maximum absolute atomic E-state index is 11.8. The van der Waals surface area contributed by atoms with Gasteiger partial charge in [0, 0.05) is 19.3 Å². The second-order valence-corrected chi connectivity index (χ2v) is 13.3. The molecule has 0 aliphatic heterocycles. The zero-order valence-corrected chi connectivity index (χ0v) is 32.6. The molecule has 0 saturated heterocycles. The van der Waals surface area contributed by atoms with E-state index in [0.29, 0.717) is 36.5 Å². The van der Waals surface area contributed by atoms with E-state index in [1.165, 1.54) is 48.8 Å². The van der Waals surface area contributed by atoms with E-state index in [-0.39, 0.29) is 18.5 Å². The number of hydrogen-bond acceptors (Lipinski definition) is 4. The van der Waals surface area contributed by atoms with Crippen molar-refractivity contribution in [1.29, 1.82) is 0 Å². The van der Waals surface area contributed by atoms with Crippen LogP contribution in [0.3, 0.4) is 0 Å². The molecule has 0 spiro atoms. The molecule has 6 unspecified atom stereocenters. The zero-order valence-electron chi connectivity index (χ0n) is 32.6. The van der Waals surface area contributed by atoms with Crippen LogP contribution < -0.4 is 0 Å². The summed E-state index contributed by atoms with van der Waals surface area (Å²) in [5.74, 6) is 2.50. The van der Waals surface area contributed by atoms with Crippen LogP contribution in [0.4, 0.5) is 0 Å². The van der Waals surface area contributed by atoms with Crippen molar-refractivity contribution in [1.82, 2.24) is 0 Å². The monoisotopic (exact) mass is 635 g/mol. The van der Waals surface area contributed by atoms with Gasteiger partial charge < -0.3 is 14.6 Å². The Labute approximate surface area is 282 Å². The van der Waals surface area contributed by atoms with Gasteiger partial charge in [0.25, 0.3) is 0 Å². The fourth-order valence-corrected chi connectivity index (χ4v) is 4.90. The first kappa shape index (κ1) is 47.8. The van der Waals surface area contributed by atoms with E-state index in [4.69, 9.17) is 9.47 Å². The molecule has 0 fully saturated rings. The van der Waals surface area contributed by atoms with Crippen LogP contribution in [0, 0.1) is 29.6 Å². The van der Waals surface area contributed by atoms with Gasteiger partial charge in [-0.05, 0) is 115 Å². The Balaban J connectivity index is -0.00000331. The van der Waals surface area contributed by atoms with Crippen molar-refractivity contribution in [2.45, 2.75) is 160 Å². The smallest absolute Gasteiger partial charge is 0.333 e. The molecule has 0 rings (SSSR count). The Hall–Kier alpha value is -1.65. The summed E-state index contributed by atoms with van der Waals surface area (Å²) in [7, 11) is 1.81. The Morgan fingerprint density at radius 1 is 0.822 bits per heavy atom. The van der Waals surface area contributed by atoms with Crippen LogP contribution >= 0.6 is 0 Å². The highest BCUT2D eigenvalue weighted by Gasteiger charge is 2.17. The van der Waals surface area contributed by atoms with Crippen molar-refractivity contribution in [3.8, 4) is 0 Å². The Morgan fingerprint density at radius 3 is 1.78 bits per heavy atom. The highest BCUT2D eigenvalue weighted by molar-refractivity contribution is 5.86. The number of rotatable bonds is 22. The second kappa shape index (κ2) is 31.0. The first-order valence-corrected chi connectivity index (χ1v) is 18.2. The summed E-state index contributed by atoms with van der Waals surface area (Å²) >= 11 is 0. The number of hydrogen-bond donors (Lipinski definition) is 1. The second-order valence-electron chi connectivity index (χ2n) is 13.3. The third-order valence-electron chi connectivity index (χ3n) is 8.94. The minimum Gasteiger partial charge on any atom is -0.462 e. The van der Waals surface area contributed by atoms with Gasteiger partial charge in [-0.3, -0.25) is 0 Å². The maximum Gasteiger partial charge on any atom is 0.333 e. The largest absolute Gasteiger partial charge is 0.462 e. The quantitative estimate of drug-likeness (QED) is 0.0557. The van der Waals surface area contributed by atoms with Gasteiger partial charge in [0.15, 0.2) is 0 Å². The maximum atomic E-state index is 11.8. The van der Waals surface area contributed by atoms with E-state index >= 15 is 0 Å². The van der Waals surface area contributed by atoms with Crippen LogP contribution in [0.2, 0.25) is 0 Å². The molecule has 4 heteroatoms. The molecule has 0 bridgehead atoms. The van der Waals surface area contributed by atoms with Crippen molar-refractivity contribution < 1.29 is 19.4 Å². The van der Waals surface area contributed by atoms with Crippen molar-refractivity contribution >= 4 is 5.97 Å². The van der Waals surface area contributed by atoms with Gasteiger partial charge in [-0.2, -0.15) is 0 Å². The lowest BCUT2D eigenvalue weighted by Crippen LogP contribution is -2.15. The van der Waals surface area contributed by atoms with Crippen LogP contribution in [0.5, 0.6) is 0 Å². The lowest BCUT2D eigenvalue weighted by Gasteiger charge is -2.24. The van der Waals surface area contributed by atoms with Gasteiger partial charge in [-0.15, -0.1) is 0 Å². The summed E-state index contributed by atoms with van der Waals surface area (Å²) in [6, 6.07) is 0. The third-order valence-corrected chi connectivity index (χ3v) is 8.94. The summed E-state index contributed by atoms with van der Waals surface area (Å²) in [6.45, 7) is 32.5. The molecule has 1 N–H and O–H groups in total. The topological polar surface area (TPSA) is 55.8 Å². The minimum atomic E-state index is -0.340. The number of esters is 1. The highest BCUT2D eigenvalue weighted by Crippen LogP contribution is 2.29. The predicted molar refractivity (Wildman–Crippen MR) is 200 cm³/mol. The Kier molecular flexibility index (Phi) is 32.9. The molecule has 0 aliphatic rings. The number of allylic oxidation sites excluding steroid dienone is 5.